The van der Waals surface area contributed by atoms with Crippen LogP contribution in [-0.2, 0) is 0 Å². The van der Waals surface area contributed by atoms with Crippen molar-refractivity contribution in [2.75, 3.05) is 5.01 Å². The molecule has 0 aliphatic rings. The molecule has 0 aliphatic carbocycles. The number of para-hydroxylation sites is 1. The van der Waals surface area contributed by atoms with E-state index in [2.05, 4.69) is 6.58 Å². The third-order valence-electron chi connectivity index (χ3n) is 1.59. The predicted octanol–water partition coefficient (Wildman–Crippen LogP) is 1.82. The molecule has 0 heterocycles. The zero-order valence-electron chi connectivity index (χ0n) is 6.62. The second-order valence-electron chi connectivity index (χ2n) is 2.38. The number of nitrogens with zero attached hydrogens (tertiary/aromatic N) is 1. The first-order chi connectivity index (χ1) is 5.25. The molecular formula is C9H12N2. The van der Waals surface area contributed by atoms with E-state index in [1.165, 1.54) is 5.01 Å². The third kappa shape index (κ3) is 1.59. The molecular weight excluding hydrogens is 136 g/mol. The topological polar surface area (TPSA) is 29.3 Å². The summed E-state index contributed by atoms with van der Waals surface area (Å²) in [7, 11) is 0. The average molecular weight is 148 g/mol. The van der Waals surface area contributed by atoms with Crippen LogP contribution in [0.4, 0.5) is 5.69 Å². The molecule has 0 atom stereocenters. The van der Waals surface area contributed by atoms with Crippen molar-refractivity contribution in [3.63, 3.8) is 0 Å². The summed E-state index contributed by atoms with van der Waals surface area (Å²) in [6, 6.07) is 7.90. The Labute approximate surface area is 66.9 Å². The summed E-state index contributed by atoms with van der Waals surface area (Å²) >= 11 is 0. The number of aryl methyl sites for hydroxylation is 1. The van der Waals surface area contributed by atoms with E-state index in [0.717, 1.165) is 11.3 Å². The first-order valence-corrected chi connectivity index (χ1v) is 3.48. The minimum absolute atomic E-state index is 0.988. The van der Waals surface area contributed by atoms with Gasteiger partial charge in [-0.3, -0.25) is 5.01 Å². The molecule has 1 aromatic carbocycles. The van der Waals surface area contributed by atoms with Gasteiger partial charge in [-0.05, 0) is 18.6 Å². The van der Waals surface area contributed by atoms with Gasteiger partial charge in [0.2, 0.25) is 0 Å². The predicted molar refractivity (Wildman–Crippen MR) is 48.0 cm³/mol. The molecule has 0 unspecified atom stereocenters. The molecule has 0 aromatic heterocycles. The van der Waals surface area contributed by atoms with Gasteiger partial charge in [0.05, 0.1) is 5.69 Å². The molecule has 2 nitrogen and oxygen atoms in total. The summed E-state index contributed by atoms with van der Waals surface area (Å²) in [6.07, 6.45) is 1.59. The fourth-order valence-electron chi connectivity index (χ4n) is 0.951. The van der Waals surface area contributed by atoms with Gasteiger partial charge in [0.25, 0.3) is 0 Å². The highest BCUT2D eigenvalue weighted by atomic mass is 15.4. The summed E-state index contributed by atoms with van der Waals surface area (Å²) < 4.78 is 0. The van der Waals surface area contributed by atoms with Crippen LogP contribution in [-0.4, -0.2) is 0 Å². The maximum atomic E-state index is 5.61. The van der Waals surface area contributed by atoms with Crippen molar-refractivity contribution >= 4 is 5.69 Å². The SMILES string of the molecule is C=CN(N)c1ccccc1C. The van der Waals surface area contributed by atoms with Crippen LogP contribution in [0.5, 0.6) is 0 Å². The fraction of sp³-hybridized carbons (Fsp3) is 0.111. The molecule has 58 valence electrons. The lowest BCUT2D eigenvalue weighted by molar-refractivity contribution is 1.07. The highest BCUT2D eigenvalue weighted by Crippen LogP contribution is 2.15. The maximum absolute atomic E-state index is 5.61. The van der Waals surface area contributed by atoms with Gasteiger partial charge >= 0.3 is 0 Å². The van der Waals surface area contributed by atoms with Gasteiger partial charge in [0.15, 0.2) is 0 Å². The molecule has 11 heavy (non-hydrogen) atoms. The van der Waals surface area contributed by atoms with Crippen molar-refractivity contribution in [2.24, 2.45) is 5.84 Å². The van der Waals surface area contributed by atoms with Crippen LogP contribution in [0, 0.1) is 6.92 Å². The average Bonchev–Trinajstić information content (AvgIpc) is 2.04. The Morgan fingerprint density at radius 2 is 2.09 bits per heavy atom. The van der Waals surface area contributed by atoms with E-state index in [-0.39, 0.29) is 0 Å². The quantitative estimate of drug-likeness (QED) is 0.512. The van der Waals surface area contributed by atoms with Gasteiger partial charge in [-0.1, -0.05) is 24.8 Å². The van der Waals surface area contributed by atoms with Crippen LogP contribution in [0.2, 0.25) is 0 Å². The lowest BCUT2D eigenvalue weighted by Gasteiger charge is -2.14. The van der Waals surface area contributed by atoms with Crippen LogP contribution in [0.25, 0.3) is 0 Å². The van der Waals surface area contributed by atoms with E-state index in [1.807, 2.05) is 31.2 Å². The molecule has 2 heteroatoms. The van der Waals surface area contributed by atoms with Crippen molar-refractivity contribution in [1.82, 2.24) is 0 Å². The first-order valence-electron chi connectivity index (χ1n) is 3.48. The molecule has 1 rings (SSSR count). The van der Waals surface area contributed by atoms with E-state index in [9.17, 15) is 0 Å². The number of benzene rings is 1. The lowest BCUT2D eigenvalue weighted by Crippen LogP contribution is -2.24. The van der Waals surface area contributed by atoms with Crippen molar-refractivity contribution in [2.45, 2.75) is 6.92 Å². The van der Waals surface area contributed by atoms with E-state index in [0.29, 0.717) is 0 Å². The van der Waals surface area contributed by atoms with Gasteiger partial charge in [-0.25, -0.2) is 5.84 Å². The lowest BCUT2D eigenvalue weighted by atomic mass is 10.2. The number of rotatable bonds is 2. The second-order valence-corrected chi connectivity index (χ2v) is 2.38. The van der Waals surface area contributed by atoms with Crippen LogP contribution >= 0.6 is 0 Å². The largest absolute Gasteiger partial charge is 0.287 e. The van der Waals surface area contributed by atoms with Crippen LogP contribution in [0.1, 0.15) is 5.56 Å². The summed E-state index contributed by atoms with van der Waals surface area (Å²) in [5.41, 5.74) is 2.14. The number of hydrogen-bond donors (Lipinski definition) is 1. The Bertz CT molecular complexity index is 255. The highest BCUT2D eigenvalue weighted by Gasteiger charge is 1.98. The van der Waals surface area contributed by atoms with E-state index >= 15 is 0 Å². The zero-order valence-corrected chi connectivity index (χ0v) is 6.62. The molecule has 0 radical (unpaired) electrons. The minimum Gasteiger partial charge on any atom is -0.287 e. The smallest absolute Gasteiger partial charge is 0.0597 e. The van der Waals surface area contributed by atoms with Gasteiger partial charge in [-0.2, -0.15) is 0 Å². The highest BCUT2D eigenvalue weighted by molar-refractivity contribution is 5.53. The van der Waals surface area contributed by atoms with E-state index in [4.69, 9.17) is 5.84 Å². The fourth-order valence-corrected chi connectivity index (χ4v) is 0.951. The summed E-state index contributed by atoms with van der Waals surface area (Å²) in [5, 5.41) is 1.51. The van der Waals surface area contributed by atoms with Crippen LogP contribution in [0.15, 0.2) is 37.0 Å². The standard InChI is InChI=1S/C9H12N2/c1-3-11(10)9-7-5-4-6-8(9)2/h3-7H,1,10H2,2H3. The Morgan fingerprint density at radius 3 is 2.64 bits per heavy atom. The van der Waals surface area contributed by atoms with Crippen molar-refractivity contribution < 1.29 is 0 Å². The maximum Gasteiger partial charge on any atom is 0.0597 e. The van der Waals surface area contributed by atoms with E-state index in [1.54, 1.807) is 6.20 Å². The van der Waals surface area contributed by atoms with Gasteiger partial charge in [0, 0.05) is 6.20 Å². The summed E-state index contributed by atoms with van der Waals surface area (Å²) in [4.78, 5) is 0. The molecule has 2 N–H and O–H groups in total. The monoisotopic (exact) mass is 148 g/mol. The number of hydrogen-bond acceptors (Lipinski definition) is 2. The van der Waals surface area contributed by atoms with Crippen molar-refractivity contribution in [1.29, 1.82) is 0 Å². The van der Waals surface area contributed by atoms with Crippen molar-refractivity contribution in [3.8, 4) is 0 Å². The van der Waals surface area contributed by atoms with E-state index < -0.39 is 0 Å². The number of nitrogens with two attached hydrogens (primary N) is 1. The number of hydrazine groups is 1. The normalized spacial score (nSPS) is 9.27. The van der Waals surface area contributed by atoms with Gasteiger partial charge < -0.3 is 0 Å². The number of anilines is 1. The Morgan fingerprint density at radius 1 is 1.45 bits per heavy atom. The summed E-state index contributed by atoms with van der Waals surface area (Å²) in [5.74, 6) is 5.61. The molecule has 0 saturated carbocycles. The van der Waals surface area contributed by atoms with Gasteiger partial charge in [-0.15, -0.1) is 0 Å². The molecule has 0 bridgehead atoms. The summed E-state index contributed by atoms with van der Waals surface area (Å²) in [6.45, 7) is 5.59. The van der Waals surface area contributed by atoms with Crippen molar-refractivity contribution in [3.05, 3.63) is 42.6 Å². The molecule has 1 aromatic rings. The first kappa shape index (κ1) is 7.82. The molecule has 0 amide bonds. The molecule has 0 aliphatic heterocycles. The third-order valence-corrected chi connectivity index (χ3v) is 1.59. The molecule has 0 spiro atoms. The molecule has 0 fully saturated rings. The Kier molecular flexibility index (Phi) is 2.28. The van der Waals surface area contributed by atoms with Crippen LogP contribution < -0.4 is 10.9 Å². The Balaban J connectivity index is 3.02. The van der Waals surface area contributed by atoms with Crippen LogP contribution in [0.3, 0.4) is 0 Å². The van der Waals surface area contributed by atoms with Gasteiger partial charge in [0.1, 0.15) is 0 Å². The Hall–Kier alpha value is -1.28. The second kappa shape index (κ2) is 3.21. The zero-order chi connectivity index (χ0) is 8.27. The minimum atomic E-state index is 0.988. The molecule has 0 saturated heterocycles.